The zero-order valence-electron chi connectivity index (χ0n) is 11.5. The standard InChI is InChI=1S/C14H18N4OS/c1-10-9-18(11-5-3-2-4-6-11)16-13(10)15-14(19)12-7-8-20-17-12/h7-9,11H,2-6H2,1H3,(H,15,16,19). The third-order valence-electron chi connectivity index (χ3n) is 3.77. The first-order valence-corrected chi connectivity index (χ1v) is 7.85. The Bertz CT molecular complexity index is 584. The molecule has 0 unspecified atom stereocenters. The summed E-state index contributed by atoms with van der Waals surface area (Å²) in [7, 11) is 0. The number of nitrogens with one attached hydrogen (secondary N) is 1. The van der Waals surface area contributed by atoms with Gasteiger partial charge in [-0.15, -0.1) is 0 Å². The number of aromatic nitrogens is 3. The Labute approximate surface area is 122 Å². The molecule has 0 atom stereocenters. The van der Waals surface area contributed by atoms with Crippen LogP contribution in [0.1, 0.15) is 54.2 Å². The maximum Gasteiger partial charge on any atom is 0.276 e. The molecule has 0 spiro atoms. The van der Waals surface area contributed by atoms with Crippen LogP contribution < -0.4 is 5.32 Å². The quantitative estimate of drug-likeness (QED) is 0.942. The van der Waals surface area contributed by atoms with Crippen molar-refractivity contribution in [3.05, 3.63) is 28.9 Å². The van der Waals surface area contributed by atoms with Gasteiger partial charge < -0.3 is 5.32 Å². The van der Waals surface area contributed by atoms with Gasteiger partial charge in [0.25, 0.3) is 5.91 Å². The van der Waals surface area contributed by atoms with Gasteiger partial charge in [0.15, 0.2) is 5.82 Å². The zero-order valence-corrected chi connectivity index (χ0v) is 12.3. The van der Waals surface area contributed by atoms with Gasteiger partial charge in [0.1, 0.15) is 5.69 Å². The summed E-state index contributed by atoms with van der Waals surface area (Å²) in [5, 5.41) is 9.18. The SMILES string of the molecule is Cc1cn(C2CCCCC2)nc1NC(=O)c1ccsn1. The molecule has 5 nitrogen and oxygen atoms in total. The van der Waals surface area contributed by atoms with E-state index in [0.717, 1.165) is 5.56 Å². The molecule has 0 radical (unpaired) electrons. The van der Waals surface area contributed by atoms with E-state index in [1.54, 1.807) is 11.4 Å². The highest BCUT2D eigenvalue weighted by molar-refractivity contribution is 7.03. The molecule has 2 aromatic rings. The van der Waals surface area contributed by atoms with Gasteiger partial charge in [-0.25, -0.2) is 0 Å². The number of nitrogens with zero attached hydrogens (tertiary/aromatic N) is 3. The number of hydrogen-bond donors (Lipinski definition) is 1. The van der Waals surface area contributed by atoms with E-state index in [0.29, 0.717) is 17.6 Å². The lowest BCUT2D eigenvalue weighted by Crippen LogP contribution is -2.15. The van der Waals surface area contributed by atoms with Crippen LogP contribution in [0.3, 0.4) is 0 Å². The molecule has 1 aliphatic carbocycles. The van der Waals surface area contributed by atoms with Gasteiger partial charge in [-0.1, -0.05) is 19.3 Å². The van der Waals surface area contributed by atoms with Crippen LogP contribution in [0.15, 0.2) is 17.6 Å². The molecular weight excluding hydrogens is 272 g/mol. The van der Waals surface area contributed by atoms with E-state index in [1.165, 1.54) is 43.6 Å². The first-order chi connectivity index (χ1) is 9.74. The largest absolute Gasteiger partial charge is 0.303 e. The van der Waals surface area contributed by atoms with E-state index in [2.05, 4.69) is 14.8 Å². The smallest absolute Gasteiger partial charge is 0.276 e. The second-order valence-electron chi connectivity index (χ2n) is 5.27. The van der Waals surface area contributed by atoms with Gasteiger partial charge in [-0.3, -0.25) is 9.48 Å². The maximum atomic E-state index is 12.0. The Morgan fingerprint density at radius 1 is 1.40 bits per heavy atom. The van der Waals surface area contributed by atoms with Crippen molar-refractivity contribution in [1.82, 2.24) is 14.2 Å². The molecule has 2 heterocycles. The van der Waals surface area contributed by atoms with Crippen molar-refractivity contribution in [1.29, 1.82) is 0 Å². The van der Waals surface area contributed by atoms with Gasteiger partial charge in [-0.2, -0.15) is 9.47 Å². The Morgan fingerprint density at radius 2 is 2.20 bits per heavy atom. The van der Waals surface area contributed by atoms with Gasteiger partial charge in [0, 0.05) is 17.1 Å². The lowest BCUT2D eigenvalue weighted by Gasteiger charge is -2.21. The average molecular weight is 290 g/mol. The van der Waals surface area contributed by atoms with E-state index in [9.17, 15) is 4.79 Å². The van der Waals surface area contributed by atoms with Gasteiger partial charge in [-0.05, 0) is 37.4 Å². The molecule has 0 saturated heterocycles. The molecule has 0 bridgehead atoms. The number of carbonyl (C=O) groups excluding carboxylic acids is 1. The minimum absolute atomic E-state index is 0.191. The fourth-order valence-electron chi connectivity index (χ4n) is 2.64. The topological polar surface area (TPSA) is 59.8 Å². The summed E-state index contributed by atoms with van der Waals surface area (Å²) >= 11 is 1.27. The molecule has 1 saturated carbocycles. The van der Waals surface area contributed by atoms with E-state index in [4.69, 9.17) is 0 Å². The molecule has 1 aliphatic rings. The number of aryl methyl sites for hydroxylation is 1. The molecule has 1 amide bonds. The summed E-state index contributed by atoms with van der Waals surface area (Å²) in [6, 6.07) is 2.19. The lowest BCUT2D eigenvalue weighted by atomic mass is 9.96. The molecular formula is C14H18N4OS. The monoisotopic (exact) mass is 290 g/mol. The highest BCUT2D eigenvalue weighted by Gasteiger charge is 2.18. The minimum Gasteiger partial charge on any atom is -0.303 e. The summed E-state index contributed by atoms with van der Waals surface area (Å²) in [5.74, 6) is 0.455. The highest BCUT2D eigenvalue weighted by atomic mass is 32.1. The third-order valence-corrected chi connectivity index (χ3v) is 4.33. The molecule has 6 heteroatoms. The minimum atomic E-state index is -0.191. The molecule has 20 heavy (non-hydrogen) atoms. The predicted molar refractivity (Wildman–Crippen MR) is 79.2 cm³/mol. The van der Waals surface area contributed by atoms with Gasteiger partial charge in [0.05, 0.1) is 6.04 Å². The van der Waals surface area contributed by atoms with Crippen molar-refractivity contribution in [2.75, 3.05) is 5.32 Å². The van der Waals surface area contributed by atoms with Gasteiger partial charge in [0.2, 0.25) is 0 Å². The van der Waals surface area contributed by atoms with Crippen LogP contribution in [-0.4, -0.2) is 20.1 Å². The first kappa shape index (κ1) is 13.3. The second-order valence-corrected chi connectivity index (χ2v) is 5.94. The third kappa shape index (κ3) is 2.75. The van der Waals surface area contributed by atoms with E-state index in [1.807, 2.05) is 17.8 Å². The van der Waals surface area contributed by atoms with E-state index >= 15 is 0 Å². The molecule has 3 rings (SSSR count). The second kappa shape index (κ2) is 5.75. The maximum absolute atomic E-state index is 12.0. The van der Waals surface area contributed by atoms with Crippen LogP contribution in [0, 0.1) is 6.92 Å². The number of anilines is 1. The summed E-state index contributed by atoms with van der Waals surface area (Å²) in [4.78, 5) is 12.0. The Morgan fingerprint density at radius 3 is 2.90 bits per heavy atom. The number of rotatable bonds is 3. The van der Waals surface area contributed by atoms with Crippen molar-refractivity contribution in [2.45, 2.75) is 45.1 Å². The van der Waals surface area contributed by atoms with Crippen molar-refractivity contribution in [2.24, 2.45) is 0 Å². The summed E-state index contributed by atoms with van der Waals surface area (Å²) in [5.41, 5.74) is 1.45. The van der Waals surface area contributed by atoms with E-state index in [-0.39, 0.29) is 5.91 Å². The van der Waals surface area contributed by atoms with Crippen LogP contribution in [0.25, 0.3) is 0 Å². The fourth-order valence-corrected chi connectivity index (χ4v) is 3.15. The molecule has 2 aromatic heterocycles. The van der Waals surface area contributed by atoms with Crippen LogP contribution in [0.2, 0.25) is 0 Å². The van der Waals surface area contributed by atoms with Crippen molar-refractivity contribution in [3.8, 4) is 0 Å². The molecule has 0 aliphatic heterocycles. The molecule has 106 valence electrons. The normalized spacial score (nSPS) is 16.2. The fraction of sp³-hybridized carbons (Fsp3) is 0.500. The lowest BCUT2D eigenvalue weighted by molar-refractivity contribution is 0.102. The van der Waals surface area contributed by atoms with Crippen LogP contribution in [-0.2, 0) is 0 Å². The van der Waals surface area contributed by atoms with Crippen molar-refractivity contribution < 1.29 is 4.79 Å². The average Bonchev–Trinajstić information content (AvgIpc) is 3.10. The molecule has 1 fully saturated rings. The molecule has 1 N–H and O–H groups in total. The number of amides is 1. The summed E-state index contributed by atoms with van der Waals surface area (Å²) < 4.78 is 6.05. The van der Waals surface area contributed by atoms with Crippen LogP contribution in [0.5, 0.6) is 0 Å². The van der Waals surface area contributed by atoms with Gasteiger partial charge >= 0.3 is 0 Å². The van der Waals surface area contributed by atoms with Crippen LogP contribution in [0.4, 0.5) is 5.82 Å². The van der Waals surface area contributed by atoms with Crippen molar-refractivity contribution in [3.63, 3.8) is 0 Å². The Hall–Kier alpha value is -1.69. The number of hydrogen-bond acceptors (Lipinski definition) is 4. The highest BCUT2D eigenvalue weighted by Crippen LogP contribution is 2.29. The zero-order chi connectivity index (χ0) is 13.9. The Kier molecular flexibility index (Phi) is 3.82. The summed E-state index contributed by atoms with van der Waals surface area (Å²) in [6.07, 6.45) is 8.26. The predicted octanol–water partition coefficient (Wildman–Crippen LogP) is 3.41. The number of carbonyl (C=O) groups is 1. The molecule has 0 aromatic carbocycles. The summed E-state index contributed by atoms with van der Waals surface area (Å²) in [6.45, 7) is 1.98. The first-order valence-electron chi connectivity index (χ1n) is 7.01. The van der Waals surface area contributed by atoms with Crippen LogP contribution >= 0.6 is 11.5 Å². The Balaban J connectivity index is 1.73. The van der Waals surface area contributed by atoms with E-state index < -0.39 is 0 Å². The van der Waals surface area contributed by atoms with Crippen molar-refractivity contribution >= 4 is 23.3 Å².